The van der Waals surface area contributed by atoms with Gasteiger partial charge in [-0.2, -0.15) is 10.4 Å². The van der Waals surface area contributed by atoms with Crippen molar-refractivity contribution in [1.82, 2.24) is 9.78 Å². The lowest BCUT2D eigenvalue weighted by atomic mass is 10.1. The van der Waals surface area contributed by atoms with Crippen LogP contribution in [0.15, 0.2) is 66.4 Å². The van der Waals surface area contributed by atoms with Crippen LogP contribution in [0.3, 0.4) is 0 Å². The number of hydrogen-bond acceptors (Lipinski definition) is 3. The number of aliphatic carboxylic acids is 1. The summed E-state index contributed by atoms with van der Waals surface area (Å²) in [7, 11) is 0. The van der Waals surface area contributed by atoms with E-state index >= 15 is 0 Å². The number of nitriles is 1. The Balaban J connectivity index is 2.07. The summed E-state index contributed by atoms with van der Waals surface area (Å²) in [4.78, 5) is 11.2. The van der Waals surface area contributed by atoms with Crippen LogP contribution in [-0.2, 0) is 11.3 Å². The topological polar surface area (TPSA) is 78.9 Å². The Kier molecular flexibility index (Phi) is 5.16. The molecule has 0 saturated carbocycles. The van der Waals surface area contributed by atoms with E-state index in [4.69, 9.17) is 22.0 Å². The van der Waals surface area contributed by atoms with Gasteiger partial charge in [0.1, 0.15) is 11.6 Å². The predicted molar refractivity (Wildman–Crippen MR) is 99.4 cm³/mol. The van der Waals surface area contributed by atoms with Gasteiger partial charge in [0, 0.05) is 22.3 Å². The molecule has 0 spiro atoms. The average molecular weight is 364 g/mol. The summed E-state index contributed by atoms with van der Waals surface area (Å²) in [5.74, 6) is -1.27. The monoisotopic (exact) mass is 363 g/mol. The van der Waals surface area contributed by atoms with E-state index in [1.54, 1.807) is 29.1 Å². The lowest BCUT2D eigenvalue weighted by Gasteiger charge is -2.01. The maximum absolute atomic E-state index is 11.2. The fourth-order valence-electron chi connectivity index (χ4n) is 2.52. The number of nitrogens with zero attached hydrogens (tertiary/aromatic N) is 3. The van der Waals surface area contributed by atoms with Gasteiger partial charge in [-0.1, -0.05) is 54.1 Å². The van der Waals surface area contributed by atoms with Crippen molar-refractivity contribution in [2.75, 3.05) is 0 Å². The smallest absolute Gasteiger partial charge is 0.346 e. The summed E-state index contributed by atoms with van der Waals surface area (Å²) in [5.41, 5.74) is 2.65. The number of carboxylic acid groups (broad SMARTS) is 1. The summed E-state index contributed by atoms with van der Waals surface area (Å²) >= 11 is 5.94. The molecule has 26 heavy (non-hydrogen) atoms. The van der Waals surface area contributed by atoms with Crippen LogP contribution in [0.1, 0.15) is 11.1 Å². The summed E-state index contributed by atoms with van der Waals surface area (Å²) in [5, 5.41) is 23.4. The van der Waals surface area contributed by atoms with Gasteiger partial charge in [0.25, 0.3) is 0 Å². The van der Waals surface area contributed by atoms with Crippen molar-refractivity contribution < 1.29 is 9.90 Å². The van der Waals surface area contributed by atoms with Gasteiger partial charge in [0.15, 0.2) is 0 Å². The Morgan fingerprint density at radius 1 is 1.19 bits per heavy atom. The standard InChI is InChI=1S/C20H14ClN3O2/c21-18-8-6-15(7-9-18)19-17(10-16(11-22)20(25)26)13-24(23-19)12-14-4-2-1-3-5-14/h1-10,13H,12H2,(H,25,26)/b16-10+. The molecule has 0 unspecified atom stereocenters. The third-order valence-corrected chi connectivity index (χ3v) is 4.00. The summed E-state index contributed by atoms with van der Waals surface area (Å²) < 4.78 is 1.72. The molecule has 0 fully saturated rings. The van der Waals surface area contributed by atoms with E-state index < -0.39 is 5.97 Å². The molecule has 6 heteroatoms. The van der Waals surface area contributed by atoms with Gasteiger partial charge in [-0.25, -0.2) is 4.79 Å². The fourth-order valence-corrected chi connectivity index (χ4v) is 2.65. The second kappa shape index (κ2) is 7.68. The molecular formula is C20H14ClN3O2. The quantitative estimate of drug-likeness (QED) is 0.543. The van der Waals surface area contributed by atoms with Crippen molar-refractivity contribution in [3.8, 4) is 17.3 Å². The SMILES string of the molecule is N#C/C(=C\c1cn(Cc2ccccc2)nc1-c1ccc(Cl)cc1)C(=O)O. The first-order valence-electron chi connectivity index (χ1n) is 7.79. The van der Waals surface area contributed by atoms with Gasteiger partial charge in [-0.15, -0.1) is 0 Å². The van der Waals surface area contributed by atoms with Crippen molar-refractivity contribution in [2.24, 2.45) is 0 Å². The highest BCUT2D eigenvalue weighted by Crippen LogP contribution is 2.26. The van der Waals surface area contributed by atoms with E-state index in [2.05, 4.69) is 5.10 Å². The number of rotatable bonds is 5. The summed E-state index contributed by atoms with van der Waals surface area (Å²) in [6.45, 7) is 0.532. The molecule has 0 aliphatic heterocycles. The van der Waals surface area contributed by atoms with Crippen molar-refractivity contribution >= 4 is 23.6 Å². The second-order valence-corrected chi connectivity index (χ2v) is 6.03. The van der Waals surface area contributed by atoms with Gasteiger partial charge in [-0.3, -0.25) is 4.68 Å². The second-order valence-electron chi connectivity index (χ2n) is 5.60. The van der Waals surface area contributed by atoms with Gasteiger partial charge in [0.2, 0.25) is 0 Å². The van der Waals surface area contributed by atoms with Crippen LogP contribution in [0.4, 0.5) is 0 Å². The zero-order chi connectivity index (χ0) is 18.5. The van der Waals surface area contributed by atoms with Crippen LogP contribution in [0, 0.1) is 11.3 Å². The Labute approximate surface area is 155 Å². The molecule has 3 aromatic rings. The van der Waals surface area contributed by atoms with Crippen molar-refractivity contribution in [3.63, 3.8) is 0 Å². The Morgan fingerprint density at radius 2 is 1.88 bits per heavy atom. The molecule has 0 aliphatic rings. The molecule has 3 rings (SSSR count). The van der Waals surface area contributed by atoms with Gasteiger partial charge >= 0.3 is 5.97 Å². The van der Waals surface area contributed by atoms with E-state index in [0.29, 0.717) is 22.8 Å². The van der Waals surface area contributed by atoms with Gasteiger partial charge < -0.3 is 5.11 Å². The zero-order valence-electron chi connectivity index (χ0n) is 13.6. The normalized spacial score (nSPS) is 11.2. The minimum Gasteiger partial charge on any atom is -0.477 e. The molecule has 0 atom stereocenters. The maximum atomic E-state index is 11.2. The Hall–Kier alpha value is -3.36. The van der Waals surface area contributed by atoms with E-state index in [1.165, 1.54) is 6.08 Å². The molecule has 1 heterocycles. The molecule has 0 saturated heterocycles. The van der Waals surface area contributed by atoms with Gasteiger partial charge in [0.05, 0.1) is 12.2 Å². The molecule has 0 radical (unpaired) electrons. The number of carboxylic acids is 1. The van der Waals surface area contributed by atoms with Crippen molar-refractivity contribution in [3.05, 3.63) is 82.5 Å². The molecule has 128 valence electrons. The molecule has 1 aromatic heterocycles. The van der Waals surface area contributed by atoms with Crippen LogP contribution >= 0.6 is 11.6 Å². The summed E-state index contributed by atoms with van der Waals surface area (Å²) in [6, 6.07) is 18.6. The lowest BCUT2D eigenvalue weighted by Crippen LogP contribution is -2.00. The predicted octanol–water partition coefficient (Wildman–Crippen LogP) is 4.24. The molecule has 0 amide bonds. The molecule has 2 aromatic carbocycles. The van der Waals surface area contributed by atoms with E-state index in [9.17, 15) is 4.79 Å². The minimum absolute atomic E-state index is 0.348. The zero-order valence-corrected chi connectivity index (χ0v) is 14.4. The number of halogens is 1. The lowest BCUT2D eigenvalue weighted by molar-refractivity contribution is -0.132. The highest BCUT2D eigenvalue weighted by molar-refractivity contribution is 6.30. The van der Waals surface area contributed by atoms with Crippen LogP contribution in [0.25, 0.3) is 17.3 Å². The van der Waals surface area contributed by atoms with Crippen molar-refractivity contribution in [2.45, 2.75) is 6.54 Å². The molecule has 5 nitrogen and oxygen atoms in total. The maximum Gasteiger partial charge on any atom is 0.346 e. The summed E-state index contributed by atoms with van der Waals surface area (Å²) in [6.07, 6.45) is 3.07. The minimum atomic E-state index is -1.27. The number of benzene rings is 2. The number of carbonyl (C=O) groups is 1. The number of aromatic nitrogens is 2. The van der Waals surface area contributed by atoms with Gasteiger partial charge in [-0.05, 0) is 23.8 Å². The third kappa shape index (κ3) is 4.00. The first-order valence-corrected chi connectivity index (χ1v) is 8.17. The average Bonchev–Trinajstić information content (AvgIpc) is 3.03. The van der Waals surface area contributed by atoms with Crippen LogP contribution < -0.4 is 0 Å². The van der Waals surface area contributed by atoms with E-state index in [1.807, 2.05) is 42.5 Å². The first-order chi connectivity index (χ1) is 12.6. The van der Waals surface area contributed by atoms with E-state index in [0.717, 1.165) is 11.1 Å². The molecule has 1 N–H and O–H groups in total. The Morgan fingerprint density at radius 3 is 2.50 bits per heavy atom. The highest BCUT2D eigenvalue weighted by atomic mass is 35.5. The third-order valence-electron chi connectivity index (χ3n) is 3.75. The van der Waals surface area contributed by atoms with Crippen LogP contribution in [0.2, 0.25) is 5.02 Å². The molecule has 0 aliphatic carbocycles. The Bertz CT molecular complexity index is 1000. The molecular weight excluding hydrogens is 350 g/mol. The first kappa shape index (κ1) is 17.5. The number of hydrogen-bond donors (Lipinski definition) is 1. The largest absolute Gasteiger partial charge is 0.477 e. The molecule has 0 bridgehead atoms. The van der Waals surface area contributed by atoms with Crippen molar-refractivity contribution in [1.29, 1.82) is 5.26 Å². The fraction of sp³-hybridized carbons (Fsp3) is 0.0500. The highest BCUT2D eigenvalue weighted by Gasteiger charge is 2.14. The van der Waals surface area contributed by atoms with Crippen LogP contribution in [-0.4, -0.2) is 20.9 Å². The van der Waals surface area contributed by atoms with Crippen LogP contribution in [0.5, 0.6) is 0 Å². The van der Waals surface area contributed by atoms with E-state index in [-0.39, 0.29) is 5.57 Å².